The summed E-state index contributed by atoms with van der Waals surface area (Å²) < 4.78 is 5.55. The zero-order valence-electron chi connectivity index (χ0n) is 17.4. The number of aromatic nitrogens is 2. The van der Waals surface area contributed by atoms with Crippen LogP contribution in [0, 0.1) is 12.8 Å². The van der Waals surface area contributed by atoms with Gasteiger partial charge >= 0.3 is 6.09 Å². The van der Waals surface area contributed by atoms with Crippen molar-refractivity contribution in [2.75, 3.05) is 19.6 Å². The van der Waals surface area contributed by atoms with E-state index in [9.17, 15) is 9.59 Å². The SMILES string of the molecule is Cc1cnc(C(=O)N2CCC[C@H](CN(C(=O)OC(C)(C)C)C(C)C)C2)cn1. The van der Waals surface area contributed by atoms with E-state index in [-0.39, 0.29) is 24.0 Å². The highest BCUT2D eigenvalue weighted by atomic mass is 16.6. The van der Waals surface area contributed by atoms with Crippen molar-refractivity contribution >= 4 is 12.0 Å². The normalized spacial score (nSPS) is 17.7. The molecule has 1 aliphatic rings. The topological polar surface area (TPSA) is 75.6 Å². The number of carbonyl (C=O) groups excluding carboxylic acids is 2. The van der Waals surface area contributed by atoms with Gasteiger partial charge in [0.1, 0.15) is 11.3 Å². The van der Waals surface area contributed by atoms with Gasteiger partial charge in [0.05, 0.1) is 11.9 Å². The van der Waals surface area contributed by atoms with Gasteiger partial charge in [-0.1, -0.05) is 0 Å². The first-order valence-corrected chi connectivity index (χ1v) is 9.64. The minimum Gasteiger partial charge on any atom is -0.444 e. The maximum atomic E-state index is 12.7. The monoisotopic (exact) mass is 376 g/mol. The van der Waals surface area contributed by atoms with Crippen LogP contribution in [0.1, 0.15) is 63.6 Å². The predicted octanol–water partition coefficient (Wildman–Crippen LogP) is 3.28. The highest BCUT2D eigenvalue weighted by molar-refractivity contribution is 5.92. The highest BCUT2D eigenvalue weighted by Gasteiger charge is 2.30. The van der Waals surface area contributed by atoms with E-state index in [1.165, 1.54) is 6.20 Å². The Bertz CT molecular complexity index is 652. The second kappa shape index (κ2) is 8.67. The van der Waals surface area contributed by atoms with Crippen LogP contribution in [0.5, 0.6) is 0 Å². The molecule has 0 unspecified atom stereocenters. The molecule has 0 spiro atoms. The van der Waals surface area contributed by atoms with E-state index < -0.39 is 5.60 Å². The minimum absolute atomic E-state index is 0.0360. The second-order valence-corrected chi connectivity index (χ2v) is 8.53. The van der Waals surface area contributed by atoms with Crippen molar-refractivity contribution in [1.29, 1.82) is 0 Å². The number of carbonyl (C=O) groups is 2. The van der Waals surface area contributed by atoms with Crippen LogP contribution in [0.15, 0.2) is 12.4 Å². The smallest absolute Gasteiger partial charge is 0.410 e. The van der Waals surface area contributed by atoms with Gasteiger partial charge in [-0.25, -0.2) is 9.78 Å². The van der Waals surface area contributed by atoms with Crippen LogP contribution in [0.3, 0.4) is 0 Å². The quantitative estimate of drug-likeness (QED) is 0.806. The molecule has 2 rings (SSSR count). The summed E-state index contributed by atoms with van der Waals surface area (Å²) in [7, 11) is 0. The van der Waals surface area contributed by atoms with Crippen molar-refractivity contribution in [3.05, 3.63) is 23.8 Å². The Morgan fingerprint density at radius 3 is 2.56 bits per heavy atom. The molecule has 1 aliphatic heterocycles. The van der Waals surface area contributed by atoms with Crippen LogP contribution >= 0.6 is 0 Å². The Balaban J connectivity index is 2.02. The van der Waals surface area contributed by atoms with Gasteiger partial charge in [-0.05, 0) is 60.3 Å². The summed E-state index contributed by atoms with van der Waals surface area (Å²) >= 11 is 0. The van der Waals surface area contributed by atoms with Crippen LogP contribution in [0.25, 0.3) is 0 Å². The predicted molar refractivity (Wildman–Crippen MR) is 103 cm³/mol. The molecule has 7 heteroatoms. The molecule has 0 N–H and O–H groups in total. The van der Waals surface area contributed by atoms with Gasteiger partial charge in [-0.2, -0.15) is 0 Å². The van der Waals surface area contributed by atoms with Crippen molar-refractivity contribution in [2.45, 2.75) is 66.0 Å². The van der Waals surface area contributed by atoms with Gasteiger partial charge < -0.3 is 14.5 Å². The largest absolute Gasteiger partial charge is 0.444 e. The maximum absolute atomic E-state index is 12.7. The average molecular weight is 377 g/mol. The fraction of sp³-hybridized carbons (Fsp3) is 0.700. The molecule has 0 aromatic carbocycles. The van der Waals surface area contributed by atoms with Crippen molar-refractivity contribution in [2.24, 2.45) is 5.92 Å². The van der Waals surface area contributed by atoms with Crippen LogP contribution in [-0.2, 0) is 4.74 Å². The lowest BCUT2D eigenvalue weighted by atomic mass is 9.96. The van der Waals surface area contributed by atoms with Gasteiger partial charge in [-0.15, -0.1) is 0 Å². The van der Waals surface area contributed by atoms with Crippen molar-refractivity contribution < 1.29 is 14.3 Å². The van der Waals surface area contributed by atoms with Crippen molar-refractivity contribution in [1.82, 2.24) is 19.8 Å². The Morgan fingerprint density at radius 2 is 2.00 bits per heavy atom. The zero-order valence-corrected chi connectivity index (χ0v) is 17.4. The summed E-state index contributed by atoms with van der Waals surface area (Å²) in [5, 5.41) is 0. The number of aryl methyl sites for hydroxylation is 1. The number of piperidine rings is 1. The number of amides is 2. The van der Waals surface area contributed by atoms with Gasteiger partial charge in [0.25, 0.3) is 5.91 Å². The molecule has 1 fully saturated rings. The molecule has 150 valence electrons. The lowest BCUT2D eigenvalue weighted by Gasteiger charge is -2.37. The first-order chi connectivity index (χ1) is 12.6. The molecule has 0 aliphatic carbocycles. The molecule has 0 radical (unpaired) electrons. The zero-order chi connectivity index (χ0) is 20.2. The lowest BCUT2D eigenvalue weighted by Crippen LogP contribution is -2.48. The number of rotatable bonds is 4. The third kappa shape index (κ3) is 6.19. The van der Waals surface area contributed by atoms with Gasteiger partial charge in [0.2, 0.25) is 0 Å². The first kappa shape index (κ1) is 21.1. The summed E-state index contributed by atoms with van der Waals surface area (Å²) in [4.78, 5) is 37.2. The van der Waals surface area contributed by atoms with E-state index >= 15 is 0 Å². The van der Waals surface area contributed by atoms with Crippen molar-refractivity contribution in [3.8, 4) is 0 Å². The fourth-order valence-corrected chi connectivity index (χ4v) is 3.16. The van der Waals surface area contributed by atoms with E-state index in [0.29, 0.717) is 25.3 Å². The van der Waals surface area contributed by atoms with Crippen LogP contribution in [0.4, 0.5) is 4.79 Å². The van der Waals surface area contributed by atoms with Crippen LogP contribution in [0.2, 0.25) is 0 Å². The molecule has 7 nitrogen and oxygen atoms in total. The van der Waals surface area contributed by atoms with E-state index in [4.69, 9.17) is 4.74 Å². The highest BCUT2D eigenvalue weighted by Crippen LogP contribution is 2.21. The molecule has 0 saturated carbocycles. The first-order valence-electron chi connectivity index (χ1n) is 9.64. The molecule has 27 heavy (non-hydrogen) atoms. The van der Waals surface area contributed by atoms with Gasteiger partial charge in [0.15, 0.2) is 0 Å². The average Bonchev–Trinajstić information content (AvgIpc) is 2.58. The van der Waals surface area contributed by atoms with Gasteiger partial charge in [-0.3, -0.25) is 9.78 Å². The van der Waals surface area contributed by atoms with Gasteiger partial charge in [0, 0.05) is 31.9 Å². The minimum atomic E-state index is -0.525. The molecule has 2 amide bonds. The number of likely N-dealkylation sites (tertiary alicyclic amines) is 1. The Hall–Kier alpha value is -2.18. The van der Waals surface area contributed by atoms with Crippen LogP contribution < -0.4 is 0 Å². The number of hydrogen-bond donors (Lipinski definition) is 0. The summed E-state index contributed by atoms with van der Waals surface area (Å²) in [6, 6.07) is 0.0360. The molecular formula is C20H32N4O3. The lowest BCUT2D eigenvalue weighted by molar-refractivity contribution is 0.0123. The third-order valence-electron chi connectivity index (χ3n) is 4.51. The summed E-state index contributed by atoms with van der Waals surface area (Å²) in [5.41, 5.74) is 0.630. The molecular weight excluding hydrogens is 344 g/mol. The second-order valence-electron chi connectivity index (χ2n) is 8.53. The Kier molecular flexibility index (Phi) is 6.78. The van der Waals surface area contributed by atoms with E-state index in [2.05, 4.69) is 9.97 Å². The summed E-state index contributed by atoms with van der Waals surface area (Å²) in [5.74, 6) is 0.122. The van der Waals surface area contributed by atoms with E-state index in [1.807, 2.05) is 46.4 Å². The fourth-order valence-electron chi connectivity index (χ4n) is 3.16. The summed E-state index contributed by atoms with van der Waals surface area (Å²) in [6.45, 7) is 13.3. The van der Waals surface area contributed by atoms with E-state index in [1.54, 1.807) is 11.1 Å². The Morgan fingerprint density at radius 1 is 1.30 bits per heavy atom. The number of nitrogens with zero attached hydrogens (tertiary/aromatic N) is 4. The molecule has 1 aromatic rings. The third-order valence-corrected chi connectivity index (χ3v) is 4.51. The van der Waals surface area contributed by atoms with E-state index in [0.717, 1.165) is 18.5 Å². The summed E-state index contributed by atoms with van der Waals surface area (Å²) in [6.07, 6.45) is 4.73. The number of ether oxygens (including phenoxy) is 1. The molecule has 2 heterocycles. The molecule has 0 bridgehead atoms. The molecule has 1 atom stereocenters. The van der Waals surface area contributed by atoms with Crippen molar-refractivity contribution in [3.63, 3.8) is 0 Å². The molecule has 1 aromatic heterocycles. The molecule has 1 saturated heterocycles. The Labute approximate surface area is 162 Å². The number of hydrogen-bond acceptors (Lipinski definition) is 5. The maximum Gasteiger partial charge on any atom is 0.410 e. The van der Waals surface area contributed by atoms with Crippen LogP contribution in [-0.4, -0.2) is 63.0 Å². The standard InChI is InChI=1S/C20H32N4O3/c1-14(2)24(19(26)27-20(4,5)6)13-16-8-7-9-23(12-16)18(25)17-11-21-15(3)10-22-17/h10-11,14,16H,7-9,12-13H2,1-6H3/t16-/m0/s1.